The average Bonchev–Trinajstić information content (AvgIpc) is 3.39. The number of furan rings is 1. The molecule has 2 N–H and O–H groups in total. The molecule has 1 unspecified atom stereocenters. The molecule has 1 atom stereocenters. The second-order valence-electron chi connectivity index (χ2n) is 7.46. The van der Waals surface area contributed by atoms with Crippen molar-refractivity contribution < 1.29 is 22.4 Å². The van der Waals surface area contributed by atoms with Gasteiger partial charge < -0.3 is 14.5 Å². The van der Waals surface area contributed by atoms with Gasteiger partial charge in [-0.05, 0) is 56.5 Å². The van der Waals surface area contributed by atoms with E-state index in [4.69, 9.17) is 9.15 Å². The fourth-order valence-corrected chi connectivity index (χ4v) is 5.05. The number of aryl methyl sites for hydroxylation is 1. The maximum atomic E-state index is 12.9. The molecule has 1 aromatic carbocycles. The van der Waals surface area contributed by atoms with E-state index in [-0.39, 0.29) is 34.2 Å². The summed E-state index contributed by atoms with van der Waals surface area (Å²) in [5.74, 6) is 0.761. The first-order chi connectivity index (χ1) is 13.9. The first-order valence-electron chi connectivity index (χ1n) is 9.92. The number of carbonyl (C=O) groups excluding carboxylic acids is 1. The molecule has 1 aliphatic carbocycles. The van der Waals surface area contributed by atoms with E-state index >= 15 is 0 Å². The van der Waals surface area contributed by atoms with Crippen LogP contribution in [0.3, 0.4) is 0 Å². The van der Waals surface area contributed by atoms with E-state index in [1.807, 2.05) is 19.1 Å². The van der Waals surface area contributed by atoms with Crippen LogP contribution in [0.15, 0.2) is 45.9 Å². The van der Waals surface area contributed by atoms with E-state index in [0.29, 0.717) is 12.8 Å². The highest BCUT2D eigenvalue weighted by Gasteiger charge is 2.26. The molecule has 1 aliphatic rings. The second kappa shape index (κ2) is 9.45. The molecule has 1 saturated carbocycles. The largest absolute Gasteiger partial charge is 0.495 e. The van der Waals surface area contributed by atoms with Crippen molar-refractivity contribution in [2.24, 2.45) is 0 Å². The lowest BCUT2D eigenvalue weighted by Crippen LogP contribution is -2.34. The highest BCUT2D eigenvalue weighted by molar-refractivity contribution is 7.89. The van der Waals surface area contributed by atoms with Crippen molar-refractivity contribution in [2.75, 3.05) is 7.11 Å². The number of methoxy groups -OCH3 is 1. The van der Waals surface area contributed by atoms with Gasteiger partial charge in [-0.15, -0.1) is 0 Å². The zero-order valence-corrected chi connectivity index (χ0v) is 17.6. The SMILES string of the molecule is COc1ccc(C(=O)NC(C)CCc2ccco2)cc1S(=O)(=O)NC1CCCC1. The molecular formula is C21H28N2O5S. The molecule has 7 nitrogen and oxygen atoms in total. The lowest BCUT2D eigenvalue weighted by Gasteiger charge is -2.17. The predicted molar refractivity (Wildman–Crippen MR) is 110 cm³/mol. The van der Waals surface area contributed by atoms with Crippen LogP contribution in [0, 0.1) is 0 Å². The third-order valence-corrected chi connectivity index (χ3v) is 6.72. The molecule has 8 heteroatoms. The fourth-order valence-electron chi connectivity index (χ4n) is 3.55. The van der Waals surface area contributed by atoms with Gasteiger partial charge in [0.25, 0.3) is 5.91 Å². The van der Waals surface area contributed by atoms with Crippen molar-refractivity contribution in [1.82, 2.24) is 10.0 Å². The van der Waals surface area contributed by atoms with Gasteiger partial charge in [-0.25, -0.2) is 13.1 Å². The molecule has 2 aromatic rings. The number of hydrogen-bond donors (Lipinski definition) is 2. The highest BCUT2D eigenvalue weighted by Crippen LogP contribution is 2.27. The first kappa shape index (κ1) is 21.4. The number of amides is 1. The standard InChI is InChI=1S/C21H28N2O5S/c1-15(9-11-18-8-5-13-28-18)22-21(24)16-10-12-19(27-2)20(14-16)29(25,26)23-17-6-3-4-7-17/h5,8,10,12-15,17,23H,3-4,6-7,9,11H2,1-2H3,(H,22,24). The molecule has 0 saturated heterocycles. The van der Waals surface area contributed by atoms with Crippen LogP contribution in [-0.2, 0) is 16.4 Å². The van der Waals surface area contributed by atoms with Gasteiger partial charge in [-0.3, -0.25) is 4.79 Å². The first-order valence-corrected chi connectivity index (χ1v) is 11.4. The summed E-state index contributed by atoms with van der Waals surface area (Å²) in [6.07, 6.45) is 6.73. The van der Waals surface area contributed by atoms with Crippen molar-refractivity contribution in [1.29, 1.82) is 0 Å². The number of benzene rings is 1. The number of nitrogens with one attached hydrogen (secondary N) is 2. The quantitative estimate of drug-likeness (QED) is 0.649. The van der Waals surface area contributed by atoms with Crippen molar-refractivity contribution >= 4 is 15.9 Å². The normalized spacial score (nSPS) is 15.9. The molecule has 3 rings (SSSR count). The van der Waals surface area contributed by atoms with E-state index < -0.39 is 10.0 Å². The summed E-state index contributed by atoms with van der Waals surface area (Å²) in [4.78, 5) is 12.6. The van der Waals surface area contributed by atoms with Crippen LogP contribution < -0.4 is 14.8 Å². The maximum Gasteiger partial charge on any atom is 0.251 e. The molecule has 0 spiro atoms. The maximum absolute atomic E-state index is 12.9. The lowest BCUT2D eigenvalue weighted by molar-refractivity contribution is 0.0938. The van der Waals surface area contributed by atoms with Gasteiger partial charge >= 0.3 is 0 Å². The van der Waals surface area contributed by atoms with Gasteiger partial charge in [-0.1, -0.05) is 12.8 Å². The van der Waals surface area contributed by atoms with Crippen LogP contribution in [0.5, 0.6) is 5.75 Å². The van der Waals surface area contributed by atoms with E-state index in [1.54, 1.807) is 12.3 Å². The summed E-state index contributed by atoms with van der Waals surface area (Å²) in [7, 11) is -2.36. The predicted octanol–water partition coefficient (Wildman–Crippen LogP) is 3.26. The molecule has 1 amide bonds. The van der Waals surface area contributed by atoms with Crippen LogP contribution in [0.25, 0.3) is 0 Å². The van der Waals surface area contributed by atoms with E-state index in [1.165, 1.54) is 19.2 Å². The Morgan fingerprint density at radius 1 is 1.28 bits per heavy atom. The molecule has 1 aromatic heterocycles. The third-order valence-electron chi connectivity index (χ3n) is 5.17. The minimum atomic E-state index is -3.78. The third kappa shape index (κ3) is 5.61. The summed E-state index contributed by atoms with van der Waals surface area (Å²) in [6.45, 7) is 1.91. The Morgan fingerprint density at radius 3 is 2.69 bits per heavy atom. The summed E-state index contributed by atoms with van der Waals surface area (Å²) in [5.41, 5.74) is 0.280. The summed E-state index contributed by atoms with van der Waals surface area (Å²) >= 11 is 0. The van der Waals surface area contributed by atoms with Crippen LogP contribution >= 0.6 is 0 Å². The smallest absolute Gasteiger partial charge is 0.251 e. The molecule has 1 heterocycles. The average molecular weight is 421 g/mol. The molecule has 29 heavy (non-hydrogen) atoms. The van der Waals surface area contributed by atoms with Crippen molar-refractivity contribution in [3.8, 4) is 5.75 Å². The van der Waals surface area contributed by atoms with Crippen LogP contribution in [-0.4, -0.2) is 33.5 Å². The van der Waals surface area contributed by atoms with Gasteiger partial charge in [-0.2, -0.15) is 0 Å². The number of hydrogen-bond acceptors (Lipinski definition) is 5. The van der Waals surface area contributed by atoms with Crippen LogP contribution in [0.4, 0.5) is 0 Å². The topological polar surface area (TPSA) is 97.6 Å². The Bertz CT molecular complexity index is 919. The van der Waals surface area contributed by atoms with Crippen LogP contribution in [0.1, 0.15) is 55.1 Å². The molecular weight excluding hydrogens is 392 g/mol. The van der Waals surface area contributed by atoms with E-state index in [0.717, 1.165) is 31.4 Å². The van der Waals surface area contributed by atoms with Crippen LogP contribution in [0.2, 0.25) is 0 Å². The summed E-state index contributed by atoms with van der Waals surface area (Å²) < 4.78 is 39.0. The Labute approximate surface area is 171 Å². The van der Waals surface area contributed by atoms with E-state index in [9.17, 15) is 13.2 Å². The Hall–Kier alpha value is -2.32. The van der Waals surface area contributed by atoms with Crippen molar-refractivity contribution in [3.63, 3.8) is 0 Å². The highest BCUT2D eigenvalue weighted by atomic mass is 32.2. The van der Waals surface area contributed by atoms with E-state index in [2.05, 4.69) is 10.0 Å². The monoisotopic (exact) mass is 420 g/mol. The van der Waals surface area contributed by atoms with Crippen molar-refractivity contribution in [2.45, 2.75) is 62.4 Å². The molecule has 0 bridgehead atoms. The van der Waals surface area contributed by atoms with Gasteiger partial charge in [0.05, 0.1) is 13.4 Å². The van der Waals surface area contributed by atoms with Gasteiger partial charge in [0.1, 0.15) is 16.4 Å². The summed E-state index contributed by atoms with van der Waals surface area (Å²) in [6, 6.07) is 8.04. The number of rotatable bonds is 9. The molecule has 158 valence electrons. The van der Waals surface area contributed by atoms with Gasteiger partial charge in [0, 0.05) is 24.1 Å². The van der Waals surface area contributed by atoms with Crippen molar-refractivity contribution in [3.05, 3.63) is 47.9 Å². The number of ether oxygens (including phenoxy) is 1. The Morgan fingerprint density at radius 2 is 2.03 bits per heavy atom. The minimum absolute atomic E-state index is 0.0113. The zero-order chi connectivity index (χ0) is 20.9. The van der Waals surface area contributed by atoms with Gasteiger partial charge in [0.2, 0.25) is 10.0 Å². The number of sulfonamides is 1. The fraction of sp³-hybridized carbons (Fsp3) is 0.476. The minimum Gasteiger partial charge on any atom is -0.495 e. The molecule has 0 radical (unpaired) electrons. The number of carbonyl (C=O) groups is 1. The lowest BCUT2D eigenvalue weighted by atomic mass is 10.1. The molecule has 1 fully saturated rings. The summed E-state index contributed by atoms with van der Waals surface area (Å²) in [5, 5.41) is 2.91. The Balaban J connectivity index is 1.70. The zero-order valence-electron chi connectivity index (χ0n) is 16.8. The second-order valence-corrected chi connectivity index (χ2v) is 9.14. The van der Waals surface area contributed by atoms with Gasteiger partial charge in [0.15, 0.2) is 0 Å². The molecule has 0 aliphatic heterocycles. The Kier molecular flexibility index (Phi) is 6.97.